The maximum absolute atomic E-state index is 12.5. The van der Waals surface area contributed by atoms with Gasteiger partial charge in [-0.1, -0.05) is 48.9 Å². The van der Waals surface area contributed by atoms with Gasteiger partial charge in [-0.05, 0) is 73.5 Å². The predicted molar refractivity (Wildman–Crippen MR) is 136 cm³/mol. The van der Waals surface area contributed by atoms with Crippen molar-refractivity contribution >= 4 is 17.7 Å². The third kappa shape index (κ3) is 7.65. The first-order chi connectivity index (χ1) is 16.3. The zero-order valence-corrected chi connectivity index (χ0v) is 19.9. The van der Waals surface area contributed by atoms with Gasteiger partial charge in [0.2, 0.25) is 0 Å². The maximum atomic E-state index is 12.5. The average molecular weight is 461 g/mol. The minimum absolute atomic E-state index is 0.0708. The van der Waals surface area contributed by atoms with Crippen LogP contribution in [0, 0.1) is 0 Å². The Morgan fingerprint density at radius 1 is 0.848 bits per heavy atom. The van der Waals surface area contributed by atoms with Crippen LogP contribution in [0.15, 0.2) is 83.8 Å². The van der Waals surface area contributed by atoms with E-state index in [1.165, 1.54) is 42.8 Å². The average Bonchev–Trinajstić information content (AvgIpc) is 2.88. The van der Waals surface area contributed by atoms with Gasteiger partial charge in [0.15, 0.2) is 0 Å². The first-order valence-corrected chi connectivity index (χ1v) is 12.7. The molecule has 1 amide bonds. The van der Waals surface area contributed by atoms with Crippen LogP contribution in [0.5, 0.6) is 5.75 Å². The molecule has 4 nitrogen and oxygen atoms in total. The summed E-state index contributed by atoms with van der Waals surface area (Å²) in [7, 11) is 0. The first-order valence-electron chi connectivity index (χ1n) is 11.8. The van der Waals surface area contributed by atoms with E-state index >= 15 is 0 Å². The largest absolute Gasteiger partial charge is 0.493 e. The molecule has 0 saturated carbocycles. The lowest BCUT2D eigenvalue weighted by atomic mass is 10.1. The van der Waals surface area contributed by atoms with Crippen LogP contribution >= 0.6 is 11.8 Å². The number of nitrogens with one attached hydrogen (secondary N) is 1. The summed E-state index contributed by atoms with van der Waals surface area (Å²) in [6, 6.07) is 26.2. The molecule has 0 bridgehead atoms. The van der Waals surface area contributed by atoms with Crippen molar-refractivity contribution in [1.82, 2.24) is 10.2 Å². The van der Waals surface area contributed by atoms with E-state index in [9.17, 15) is 4.79 Å². The van der Waals surface area contributed by atoms with Crippen LogP contribution in [0.4, 0.5) is 0 Å². The molecule has 1 N–H and O–H groups in total. The molecule has 0 aliphatic carbocycles. The fourth-order valence-electron chi connectivity index (χ4n) is 3.96. The number of ether oxygens (including phenoxy) is 1. The molecule has 3 aromatic carbocycles. The van der Waals surface area contributed by atoms with E-state index in [2.05, 4.69) is 46.6 Å². The third-order valence-corrected chi connectivity index (χ3v) is 6.79. The summed E-state index contributed by atoms with van der Waals surface area (Å²) in [5, 5.41) is 3.01. The molecule has 4 rings (SSSR count). The molecule has 1 fully saturated rings. The standard InChI is InChI=1S/C28H32N2O2S/c31-28(29-21-23-9-11-24(12-10-23)22-30-17-5-2-6-18-30)25-13-15-26(16-14-25)32-19-20-33-27-7-3-1-4-8-27/h1,3-4,7-16H,2,5-6,17-22H2,(H,29,31). The molecular weight excluding hydrogens is 428 g/mol. The summed E-state index contributed by atoms with van der Waals surface area (Å²) in [5.74, 6) is 1.59. The summed E-state index contributed by atoms with van der Waals surface area (Å²) in [4.78, 5) is 16.3. The highest BCUT2D eigenvalue weighted by atomic mass is 32.2. The topological polar surface area (TPSA) is 41.6 Å². The lowest BCUT2D eigenvalue weighted by Crippen LogP contribution is -2.29. The van der Waals surface area contributed by atoms with Crippen molar-refractivity contribution in [2.24, 2.45) is 0 Å². The summed E-state index contributed by atoms with van der Waals surface area (Å²) in [6.45, 7) is 4.57. The van der Waals surface area contributed by atoms with Crippen LogP contribution in [0.1, 0.15) is 40.7 Å². The second-order valence-corrected chi connectivity index (χ2v) is 9.54. The van der Waals surface area contributed by atoms with Gasteiger partial charge in [0, 0.05) is 29.3 Å². The van der Waals surface area contributed by atoms with Gasteiger partial charge >= 0.3 is 0 Å². The SMILES string of the molecule is O=C(NCc1ccc(CN2CCCCC2)cc1)c1ccc(OCCSc2ccccc2)cc1. The second-order valence-electron chi connectivity index (χ2n) is 8.37. The molecule has 33 heavy (non-hydrogen) atoms. The molecule has 0 spiro atoms. The Morgan fingerprint density at radius 3 is 2.27 bits per heavy atom. The Bertz CT molecular complexity index is 985. The molecular formula is C28H32N2O2S. The number of rotatable bonds is 10. The van der Waals surface area contributed by atoms with E-state index in [4.69, 9.17) is 4.74 Å². The van der Waals surface area contributed by atoms with Crippen molar-refractivity contribution in [3.8, 4) is 5.75 Å². The van der Waals surface area contributed by atoms with Gasteiger partial charge in [0.05, 0.1) is 6.61 Å². The predicted octanol–water partition coefficient (Wildman–Crippen LogP) is 5.77. The van der Waals surface area contributed by atoms with Crippen molar-refractivity contribution < 1.29 is 9.53 Å². The Kier molecular flexibility index (Phi) is 8.84. The van der Waals surface area contributed by atoms with E-state index in [-0.39, 0.29) is 5.91 Å². The van der Waals surface area contributed by atoms with E-state index < -0.39 is 0 Å². The minimum Gasteiger partial charge on any atom is -0.493 e. The zero-order chi connectivity index (χ0) is 22.7. The molecule has 1 aliphatic rings. The van der Waals surface area contributed by atoms with E-state index in [1.807, 2.05) is 42.5 Å². The third-order valence-electron chi connectivity index (χ3n) is 5.81. The number of likely N-dealkylation sites (tertiary alicyclic amines) is 1. The summed E-state index contributed by atoms with van der Waals surface area (Å²) >= 11 is 1.77. The fourth-order valence-corrected chi connectivity index (χ4v) is 4.71. The lowest BCUT2D eigenvalue weighted by Gasteiger charge is -2.26. The molecule has 0 atom stereocenters. The second kappa shape index (κ2) is 12.5. The highest BCUT2D eigenvalue weighted by Gasteiger charge is 2.10. The Balaban J connectivity index is 1.17. The number of thioether (sulfide) groups is 1. The number of nitrogens with zero attached hydrogens (tertiary/aromatic N) is 1. The van der Waals surface area contributed by atoms with Crippen LogP contribution in [-0.4, -0.2) is 36.3 Å². The first kappa shape index (κ1) is 23.4. The highest BCUT2D eigenvalue weighted by molar-refractivity contribution is 7.99. The summed E-state index contributed by atoms with van der Waals surface area (Å²) < 4.78 is 5.80. The molecule has 0 radical (unpaired) electrons. The van der Waals surface area contributed by atoms with Crippen molar-refractivity contribution in [3.63, 3.8) is 0 Å². The van der Waals surface area contributed by atoms with Crippen molar-refractivity contribution in [2.75, 3.05) is 25.4 Å². The number of benzene rings is 3. The number of piperidine rings is 1. The fraction of sp³-hybridized carbons (Fsp3) is 0.321. The molecule has 172 valence electrons. The van der Waals surface area contributed by atoms with Gasteiger partial charge < -0.3 is 10.1 Å². The van der Waals surface area contributed by atoms with Gasteiger partial charge in [-0.2, -0.15) is 0 Å². The number of amides is 1. The Morgan fingerprint density at radius 2 is 1.55 bits per heavy atom. The van der Waals surface area contributed by atoms with E-state index in [0.717, 1.165) is 23.6 Å². The molecule has 1 heterocycles. The van der Waals surface area contributed by atoms with Crippen LogP contribution in [0.2, 0.25) is 0 Å². The van der Waals surface area contributed by atoms with E-state index in [0.29, 0.717) is 18.7 Å². The Hall–Kier alpha value is -2.76. The number of hydrogen-bond donors (Lipinski definition) is 1. The van der Waals surface area contributed by atoms with Crippen molar-refractivity contribution in [3.05, 3.63) is 95.6 Å². The van der Waals surface area contributed by atoms with E-state index in [1.54, 1.807) is 11.8 Å². The Labute approximate surface area is 201 Å². The quantitative estimate of drug-likeness (QED) is 0.308. The zero-order valence-electron chi connectivity index (χ0n) is 19.0. The number of carbonyl (C=O) groups excluding carboxylic acids is 1. The number of hydrogen-bond acceptors (Lipinski definition) is 4. The van der Waals surface area contributed by atoms with Crippen LogP contribution < -0.4 is 10.1 Å². The van der Waals surface area contributed by atoms with Crippen molar-refractivity contribution in [1.29, 1.82) is 0 Å². The monoisotopic (exact) mass is 460 g/mol. The molecule has 0 aromatic heterocycles. The van der Waals surface area contributed by atoms with Gasteiger partial charge in [-0.15, -0.1) is 11.8 Å². The molecule has 1 aliphatic heterocycles. The van der Waals surface area contributed by atoms with Gasteiger partial charge in [-0.3, -0.25) is 9.69 Å². The van der Waals surface area contributed by atoms with Gasteiger partial charge in [0.25, 0.3) is 5.91 Å². The molecule has 1 saturated heterocycles. The van der Waals surface area contributed by atoms with Crippen LogP contribution in [0.25, 0.3) is 0 Å². The summed E-state index contributed by atoms with van der Waals surface area (Å²) in [6.07, 6.45) is 3.98. The maximum Gasteiger partial charge on any atom is 0.251 e. The molecule has 5 heteroatoms. The smallest absolute Gasteiger partial charge is 0.251 e. The molecule has 3 aromatic rings. The van der Waals surface area contributed by atoms with Gasteiger partial charge in [-0.25, -0.2) is 0 Å². The normalized spacial score (nSPS) is 14.1. The highest BCUT2D eigenvalue weighted by Crippen LogP contribution is 2.18. The van der Waals surface area contributed by atoms with Crippen LogP contribution in [-0.2, 0) is 13.1 Å². The minimum atomic E-state index is -0.0708. The van der Waals surface area contributed by atoms with Gasteiger partial charge in [0.1, 0.15) is 5.75 Å². The number of carbonyl (C=O) groups is 1. The lowest BCUT2D eigenvalue weighted by molar-refractivity contribution is 0.0951. The van der Waals surface area contributed by atoms with Crippen LogP contribution in [0.3, 0.4) is 0 Å². The summed E-state index contributed by atoms with van der Waals surface area (Å²) in [5.41, 5.74) is 3.09. The molecule has 0 unspecified atom stereocenters. The van der Waals surface area contributed by atoms with Crippen molar-refractivity contribution in [2.45, 2.75) is 37.2 Å².